The number of anilines is 1. The van der Waals surface area contributed by atoms with Crippen LogP contribution in [0.2, 0.25) is 5.02 Å². The molecule has 1 amide bonds. The first-order valence-electron chi connectivity index (χ1n) is 10.6. The Morgan fingerprint density at radius 3 is 2.45 bits per heavy atom. The number of hydrogen-bond donors (Lipinski definition) is 3. The Morgan fingerprint density at radius 1 is 1.18 bits per heavy atom. The molecular weight excluding hydrogens is 476 g/mol. The third kappa shape index (κ3) is 6.50. The normalized spacial score (nSPS) is 22.1. The molecular formula is C23H26ClF2NO5S. The van der Waals surface area contributed by atoms with Crippen molar-refractivity contribution in [3.05, 3.63) is 58.6 Å². The van der Waals surface area contributed by atoms with Crippen LogP contribution in [0, 0.1) is 17.6 Å². The standard InChI is InChI=1S/C23H26ClF2NO5S/c1-14(28)12-23(30)8-6-15(7-9-23)13-33(31,32)21-10-16(2-4-18(21)24)22(29)27-17-3-5-19(25)20(26)11-17/h2-5,10-11,14-15,28,30H,6-9,12-13H2,1H3,(H,27,29)/t14?,15-,23-. The molecule has 0 aromatic heterocycles. The molecule has 2 aromatic rings. The second-order valence-corrected chi connectivity index (χ2v) is 11.1. The molecule has 1 saturated carbocycles. The monoisotopic (exact) mass is 501 g/mol. The third-order valence-electron chi connectivity index (χ3n) is 5.87. The fraction of sp³-hybridized carbons (Fsp3) is 0.435. The molecule has 1 fully saturated rings. The number of aliphatic hydroxyl groups is 2. The molecule has 0 radical (unpaired) electrons. The van der Waals surface area contributed by atoms with E-state index in [0.29, 0.717) is 25.7 Å². The third-order valence-corrected chi connectivity index (χ3v) is 8.23. The summed E-state index contributed by atoms with van der Waals surface area (Å²) in [5.41, 5.74) is -0.980. The van der Waals surface area contributed by atoms with E-state index in [2.05, 4.69) is 5.32 Å². The molecule has 0 spiro atoms. The van der Waals surface area contributed by atoms with Crippen LogP contribution in [0.15, 0.2) is 41.3 Å². The van der Waals surface area contributed by atoms with Crippen molar-refractivity contribution in [2.24, 2.45) is 5.92 Å². The van der Waals surface area contributed by atoms with E-state index in [9.17, 15) is 32.2 Å². The molecule has 1 unspecified atom stereocenters. The van der Waals surface area contributed by atoms with Gasteiger partial charge in [0, 0.05) is 23.7 Å². The van der Waals surface area contributed by atoms with E-state index in [4.69, 9.17) is 11.6 Å². The Bertz CT molecular complexity index is 1130. The molecule has 2 aromatic carbocycles. The van der Waals surface area contributed by atoms with Crippen LogP contribution in [0.3, 0.4) is 0 Å². The SMILES string of the molecule is CC(O)C[C@]1(O)CC[C@H](CS(=O)(=O)c2cc(C(=O)Nc3ccc(F)c(F)c3)ccc2Cl)CC1. The average Bonchev–Trinajstić information content (AvgIpc) is 2.72. The smallest absolute Gasteiger partial charge is 0.255 e. The van der Waals surface area contributed by atoms with Gasteiger partial charge in [0.2, 0.25) is 0 Å². The van der Waals surface area contributed by atoms with Crippen molar-refractivity contribution in [1.82, 2.24) is 0 Å². The Hall–Kier alpha value is -2.07. The first-order valence-corrected chi connectivity index (χ1v) is 12.6. The highest BCUT2D eigenvalue weighted by molar-refractivity contribution is 7.91. The predicted molar refractivity (Wildman–Crippen MR) is 121 cm³/mol. The van der Waals surface area contributed by atoms with Gasteiger partial charge in [-0.05, 0) is 68.9 Å². The van der Waals surface area contributed by atoms with Crippen LogP contribution in [-0.2, 0) is 9.84 Å². The van der Waals surface area contributed by atoms with Gasteiger partial charge in [-0.15, -0.1) is 0 Å². The minimum atomic E-state index is -3.84. The predicted octanol–water partition coefficient (Wildman–Crippen LogP) is 4.34. The fourth-order valence-corrected chi connectivity index (χ4v) is 6.47. The van der Waals surface area contributed by atoms with E-state index in [1.807, 2.05) is 0 Å². The maximum Gasteiger partial charge on any atom is 0.255 e. The van der Waals surface area contributed by atoms with E-state index in [1.54, 1.807) is 6.92 Å². The molecule has 1 aliphatic rings. The van der Waals surface area contributed by atoms with Gasteiger partial charge in [0.15, 0.2) is 21.5 Å². The number of nitrogens with one attached hydrogen (secondary N) is 1. The largest absolute Gasteiger partial charge is 0.393 e. The van der Waals surface area contributed by atoms with Crippen LogP contribution in [0.25, 0.3) is 0 Å². The van der Waals surface area contributed by atoms with Crippen molar-refractivity contribution in [3.8, 4) is 0 Å². The molecule has 6 nitrogen and oxygen atoms in total. The zero-order chi connectivity index (χ0) is 24.4. The lowest BCUT2D eigenvalue weighted by Crippen LogP contribution is -2.38. The number of carbonyl (C=O) groups is 1. The quantitative estimate of drug-likeness (QED) is 0.523. The number of hydrogen-bond acceptors (Lipinski definition) is 5. The zero-order valence-corrected chi connectivity index (χ0v) is 19.6. The highest BCUT2D eigenvalue weighted by atomic mass is 35.5. The van der Waals surface area contributed by atoms with Gasteiger partial charge >= 0.3 is 0 Å². The maximum atomic E-state index is 13.4. The van der Waals surface area contributed by atoms with Gasteiger partial charge in [0.1, 0.15) is 0 Å². The molecule has 0 heterocycles. The first kappa shape index (κ1) is 25.6. The number of halogens is 3. The van der Waals surface area contributed by atoms with Crippen LogP contribution in [0.5, 0.6) is 0 Å². The summed E-state index contributed by atoms with van der Waals surface area (Å²) in [5, 5.41) is 22.5. The van der Waals surface area contributed by atoms with E-state index in [1.165, 1.54) is 24.3 Å². The van der Waals surface area contributed by atoms with Gasteiger partial charge in [-0.3, -0.25) is 4.79 Å². The average molecular weight is 502 g/mol. The van der Waals surface area contributed by atoms with Gasteiger partial charge in [-0.25, -0.2) is 17.2 Å². The molecule has 3 N–H and O–H groups in total. The van der Waals surface area contributed by atoms with Gasteiger partial charge < -0.3 is 15.5 Å². The Morgan fingerprint density at radius 2 is 1.85 bits per heavy atom. The Kier molecular flexibility index (Phi) is 7.78. The molecule has 0 bridgehead atoms. The maximum absolute atomic E-state index is 13.4. The number of amides is 1. The number of carbonyl (C=O) groups excluding carboxylic acids is 1. The molecule has 1 aliphatic carbocycles. The summed E-state index contributed by atoms with van der Waals surface area (Å²) in [6, 6.07) is 6.69. The lowest BCUT2D eigenvalue weighted by Gasteiger charge is -2.36. The number of benzene rings is 2. The van der Waals surface area contributed by atoms with Crippen molar-refractivity contribution in [2.75, 3.05) is 11.1 Å². The van der Waals surface area contributed by atoms with Crippen LogP contribution in [0.1, 0.15) is 49.4 Å². The van der Waals surface area contributed by atoms with Crippen LogP contribution < -0.4 is 5.32 Å². The van der Waals surface area contributed by atoms with Crippen LogP contribution in [-0.4, -0.2) is 42.0 Å². The highest BCUT2D eigenvalue weighted by Gasteiger charge is 2.36. The lowest BCUT2D eigenvalue weighted by molar-refractivity contribution is -0.0415. The van der Waals surface area contributed by atoms with Gasteiger partial charge in [0.05, 0.1) is 27.4 Å². The Labute approximate surface area is 196 Å². The number of rotatable bonds is 7. The number of sulfone groups is 1. The van der Waals surface area contributed by atoms with E-state index in [0.717, 1.165) is 12.1 Å². The van der Waals surface area contributed by atoms with Gasteiger partial charge in [-0.2, -0.15) is 0 Å². The van der Waals surface area contributed by atoms with Crippen molar-refractivity contribution in [1.29, 1.82) is 0 Å². The summed E-state index contributed by atoms with van der Waals surface area (Å²) in [7, 11) is -3.84. The van der Waals surface area contributed by atoms with E-state index in [-0.39, 0.29) is 39.3 Å². The summed E-state index contributed by atoms with van der Waals surface area (Å²) in [6.07, 6.45) is 1.35. The van der Waals surface area contributed by atoms with Crippen molar-refractivity contribution in [3.63, 3.8) is 0 Å². The lowest BCUT2D eigenvalue weighted by atomic mass is 9.77. The van der Waals surface area contributed by atoms with Crippen LogP contribution in [0.4, 0.5) is 14.5 Å². The summed E-state index contributed by atoms with van der Waals surface area (Å²) in [5.74, 6) is -3.26. The van der Waals surface area contributed by atoms with Crippen molar-refractivity contribution in [2.45, 2.75) is 55.6 Å². The molecule has 10 heteroatoms. The molecule has 3 rings (SSSR count). The topological polar surface area (TPSA) is 104 Å². The minimum Gasteiger partial charge on any atom is -0.393 e. The van der Waals surface area contributed by atoms with E-state index >= 15 is 0 Å². The van der Waals surface area contributed by atoms with Gasteiger partial charge in [0.25, 0.3) is 5.91 Å². The minimum absolute atomic E-state index is 0.00217. The molecule has 1 atom stereocenters. The summed E-state index contributed by atoms with van der Waals surface area (Å²) >= 11 is 6.13. The van der Waals surface area contributed by atoms with Gasteiger partial charge in [-0.1, -0.05) is 11.6 Å². The second kappa shape index (κ2) is 10.0. The van der Waals surface area contributed by atoms with Crippen LogP contribution >= 0.6 is 11.6 Å². The Balaban J connectivity index is 1.72. The number of aliphatic hydroxyl groups excluding tert-OH is 1. The summed E-state index contributed by atoms with van der Waals surface area (Å²) in [6.45, 7) is 1.60. The molecule has 0 aliphatic heterocycles. The fourth-order valence-electron chi connectivity index (χ4n) is 4.20. The van der Waals surface area contributed by atoms with Crippen molar-refractivity contribution < 1.29 is 32.2 Å². The summed E-state index contributed by atoms with van der Waals surface area (Å²) < 4.78 is 52.6. The molecule has 180 valence electrons. The van der Waals surface area contributed by atoms with Crippen molar-refractivity contribution >= 4 is 33.0 Å². The zero-order valence-electron chi connectivity index (χ0n) is 18.0. The second-order valence-electron chi connectivity index (χ2n) is 8.73. The first-order chi connectivity index (χ1) is 15.4. The molecule has 0 saturated heterocycles. The summed E-state index contributed by atoms with van der Waals surface area (Å²) in [4.78, 5) is 12.3. The highest BCUT2D eigenvalue weighted by Crippen LogP contribution is 2.37. The van der Waals surface area contributed by atoms with E-state index < -0.39 is 39.1 Å². The molecule has 33 heavy (non-hydrogen) atoms.